The SMILES string of the molecule is CCNC(=NCC(OC)c1ccc(F)cc1)NC1CCS(=O)(=O)C1. The number of hydrogen-bond acceptors (Lipinski definition) is 4. The van der Waals surface area contributed by atoms with E-state index in [0.29, 0.717) is 25.5 Å². The van der Waals surface area contributed by atoms with Crippen molar-refractivity contribution in [1.82, 2.24) is 10.6 Å². The van der Waals surface area contributed by atoms with Gasteiger partial charge < -0.3 is 15.4 Å². The van der Waals surface area contributed by atoms with Crippen molar-refractivity contribution in [2.45, 2.75) is 25.5 Å². The molecular weight excluding hydrogens is 333 g/mol. The third-order valence-electron chi connectivity index (χ3n) is 3.86. The van der Waals surface area contributed by atoms with Crippen molar-refractivity contribution in [2.75, 3.05) is 31.7 Å². The molecule has 134 valence electrons. The molecule has 0 radical (unpaired) electrons. The Bertz CT molecular complexity index is 662. The van der Waals surface area contributed by atoms with Crippen LogP contribution in [0.25, 0.3) is 0 Å². The molecule has 0 amide bonds. The Labute approximate surface area is 142 Å². The van der Waals surface area contributed by atoms with E-state index in [0.717, 1.165) is 5.56 Å². The fourth-order valence-corrected chi connectivity index (χ4v) is 4.26. The van der Waals surface area contributed by atoms with Gasteiger partial charge in [0.15, 0.2) is 15.8 Å². The Kier molecular flexibility index (Phi) is 6.56. The zero-order valence-corrected chi connectivity index (χ0v) is 14.8. The first-order valence-electron chi connectivity index (χ1n) is 7.97. The van der Waals surface area contributed by atoms with Crippen LogP contribution in [0.4, 0.5) is 4.39 Å². The van der Waals surface area contributed by atoms with Crippen LogP contribution in [0.2, 0.25) is 0 Å². The predicted octanol–water partition coefficient (Wildman–Crippen LogP) is 1.26. The molecule has 1 saturated heterocycles. The maximum absolute atomic E-state index is 13.0. The average Bonchev–Trinajstić information content (AvgIpc) is 2.88. The first kappa shape index (κ1) is 18.7. The summed E-state index contributed by atoms with van der Waals surface area (Å²) in [5, 5.41) is 6.26. The highest BCUT2D eigenvalue weighted by atomic mass is 32.2. The monoisotopic (exact) mass is 357 g/mol. The van der Waals surface area contributed by atoms with Gasteiger partial charge in [0, 0.05) is 19.7 Å². The van der Waals surface area contributed by atoms with E-state index in [1.54, 1.807) is 19.2 Å². The molecule has 2 unspecified atom stereocenters. The molecule has 0 aliphatic carbocycles. The highest BCUT2D eigenvalue weighted by Crippen LogP contribution is 2.17. The van der Waals surface area contributed by atoms with Crippen LogP contribution in [-0.4, -0.2) is 52.1 Å². The highest BCUT2D eigenvalue weighted by molar-refractivity contribution is 7.91. The molecule has 0 spiro atoms. The van der Waals surface area contributed by atoms with E-state index in [4.69, 9.17) is 4.74 Å². The fourth-order valence-electron chi connectivity index (χ4n) is 2.59. The normalized spacial score (nSPS) is 21.5. The maximum atomic E-state index is 13.0. The van der Waals surface area contributed by atoms with Gasteiger partial charge in [0.05, 0.1) is 18.1 Å². The van der Waals surface area contributed by atoms with Gasteiger partial charge in [0.25, 0.3) is 0 Å². The van der Waals surface area contributed by atoms with Gasteiger partial charge in [-0.3, -0.25) is 4.99 Å². The summed E-state index contributed by atoms with van der Waals surface area (Å²) < 4.78 is 41.6. The van der Waals surface area contributed by atoms with E-state index in [1.165, 1.54) is 12.1 Å². The van der Waals surface area contributed by atoms with Gasteiger partial charge in [-0.15, -0.1) is 0 Å². The summed E-state index contributed by atoms with van der Waals surface area (Å²) in [7, 11) is -1.37. The smallest absolute Gasteiger partial charge is 0.191 e. The number of rotatable bonds is 6. The second kappa shape index (κ2) is 8.43. The second-order valence-electron chi connectivity index (χ2n) is 5.74. The number of benzene rings is 1. The maximum Gasteiger partial charge on any atom is 0.191 e. The van der Waals surface area contributed by atoms with E-state index in [1.807, 2.05) is 6.92 Å². The Morgan fingerprint density at radius 1 is 1.42 bits per heavy atom. The van der Waals surface area contributed by atoms with Gasteiger partial charge in [-0.2, -0.15) is 0 Å². The summed E-state index contributed by atoms with van der Waals surface area (Å²) >= 11 is 0. The van der Waals surface area contributed by atoms with Gasteiger partial charge in [0.2, 0.25) is 0 Å². The number of nitrogens with one attached hydrogen (secondary N) is 2. The van der Waals surface area contributed by atoms with Crippen molar-refractivity contribution in [3.63, 3.8) is 0 Å². The molecular formula is C16H24FN3O3S. The van der Waals surface area contributed by atoms with E-state index in [9.17, 15) is 12.8 Å². The topological polar surface area (TPSA) is 79.8 Å². The number of guanidine groups is 1. The number of ether oxygens (including phenoxy) is 1. The molecule has 24 heavy (non-hydrogen) atoms. The molecule has 0 bridgehead atoms. The van der Waals surface area contributed by atoms with Gasteiger partial charge in [-0.1, -0.05) is 12.1 Å². The number of nitrogens with zero attached hydrogens (tertiary/aromatic N) is 1. The molecule has 8 heteroatoms. The minimum Gasteiger partial charge on any atom is -0.375 e. The molecule has 0 saturated carbocycles. The molecule has 1 fully saturated rings. The van der Waals surface area contributed by atoms with Gasteiger partial charge in [-0.05, 0) is 31.0 Å². The highest BCUT2D eigenvalue weighted by Gasteiger charge is 2.28. The Morgan fingerprint density at radius 3 is 2.67 bits per heavy atom. The van der Waals surface area contributed by atoms with Crippen molar-refractivity contribution in [2.24, 2.45) is 4.99 Å². The summed E-state index contributed by atoms with van der Waals surface area (Å²) in [5.74, 6) is 0.599. The molecule has 2 atom stereocenters. The van der Waals surface area contributed by atoms with E-state index in [2.05, 4.69) is 15.6 Å². The summed E-state index contributed by atoms with van der Waals surface area (Å²) in [5.41, 5.74) is 0.835. The molecule has 1 aromatic carbocycles. The van der Waals surface area contributed by atoms with Crippen LogP contribution in [-0.2, 0) is 14.6 Å². The lowest BCUT2D eigenvalue weighted by Crippen LogP contribution is -2.44. The van der Waals surface area contributed by atoms with Crippen molar-refractivity contribution >= 4 is 15.8 Å². The van der Waals surface area contributed by atoms with E-state index in [-0.39, 0.29) is 29.5 Å². The summed E-state index contributed by atoms with van der Waals surface area (Å²) in [6.45, 7) is 2.95. The quantitative estimate of drug-likeness (QED) is 0.592. The number of sulfone groups is 1. The van der Waals surface area contributed by atoms with Gasteiger partial charge in [0.1, 0.15) is 11.9 Å². The number of methoxy groups -OCH3 is 1. The van der Waals surface area contributed by atoms with Gasteiger partial charge in [-0.25, -0.2) is 12.8 Å². The molecule has 1 aliphatic heterocycles. The first-order chi connectivity index (χ1) is 11.4. The Balaban J connectivity index is 2.02. The minimum absolute atomic E-state index is 0.125. The van der Waals surface area contributed by atoms with Crippen molar-refractivity contribution in [3.8, 4) is 0 Å². The zero-order chi connectivity index (χ0) is 17.6. The van der Waals surface area contributed by atoms with E-state index >= 15 is 0 Å². The minimum atomic E-state index is -2.94. The van der Waals surface area contributed by atoms with Crippen LogP contribution in [0.15, 0.2) is 29.3 Å². The lowest BCUT2D eigenvalue weighted by molar-refractivity contribution is 0.111. The first-order valence-corrected chi connectivity index (χ1v) is 9.79. The standard InChI is InChI=1S/C16H24FN3O3S/c1-3-18-16(20-14-8-9-24(21,22)11-14)19-10-15(23-2)12-4-6-13(17)7-5-12/h4-7,14-15H,3,8-11H2,1-2H3,(H2,18,19,20). The van der Waals surface area contributed by atoms with Crippen LogP contribution in [0.3, 0.4) is 0 Å². The second-order valence-corrected chi connectivity index (χ2v) is 7.97. The lowest BCUT2D eigenvalue weighted by Gasteiger charge is -2.18. The number of halogens is 1. The van der Waals surface area contributed by atoms with Crippen LogP contribution in [0, 0.1) is 5.82 Å². The third-order valence-corrected chi connectivity index (χ3v) is 5.63. The molecule has 0 aromatic heterocycles. The number of hydrogen-bond donors (Lipinski definition) is 2. The van der Waals surface area contributed by atoms with Gasteiger partial charge >= 0.3 is 0 Å². The van der Waals surface area contributed by atoms with Crippen molar-refractivity contribution in [3.05, 3.63) is 35.6 Å². The van der Waals surface area contributed by atoms with Crippen LogP contribution >= 0.6 is 0 Å². The average molecular weight is 357 g/mol. The predicted molar refractivity (Wildman–Crippen MR) is 92.3 cm³/mol. The molecule has 2 N–H and O–H groups in total. The van der Waals surface area contributed by atoms with Crippen LogP contribution in [0.1, 0.15) is 25.0 Å². The molecule has 2 rings (SSSR count). The number of aliphatic imine (C=N–C) groups is 1. The van der Waals surface area contributed by atoms with E-state index < -0.39 is 9.84 Å². The zero-order valence-electron chi connectivity index (χ0n) is 14.0. The van der Waals surface area contributed by atoms with Crippen molar-refractivity contribution < 1.29 is 17.5 Å². The largest absolute Gasteiger partial charge is 0.375 e. The lowest BCUT2D eigenvalue weighted by atomic mass is 10.1. The van der Waals surface area contributed by atoms with Crippen molar-refractivity contribution in [1.29, 1.82) is 0 Å². The molecule has 1 heterocycles. The third kappa shape index (κ3) is 5.45. The molecule has 6 nitrogen and oxygen atoms in total. The Hall–Kier alpha value is -1.67. The van der Waals surface area contributed by atoms with Crippen LogP contribution in [0.5, 0.6) is 0 Å². The summed E-state index contributed by atoms with van der Waals surface area (Å²) in [6.07, 6.45) is 0.284. The fraction of sp³-hybridized carbons (Fsp3) is 0.562. The molecule has 1 aliphatic rings. The van der Waals surface area contributed by atoms with Crippen LogP contribution < -0.4 is 10.6 Å². The summed E-state index contributed by atoms with van der Waals surface area (Å²) in [6, 6.07) is 5.99. The molecule has 1 aromatic rings. The Morgan fingerprint density at radius 2 is 2.12 bits per heavy atom. The summed E-state index contributed by atoms with van der Waals surface area (Å²) in [4.78, 5) is 4.48.